The summed E-state index contributed by atoms with van der Waals surface area (Å²) in [6.07, 6.45) is 0. The maximum atomic E-state index is 9.35. The van der Waals surface area contributed by atoms with E-state index in [0.29, 0.717) is 12.4 Å². The summed E-state index contributed by atoms with van der Waals surface area (Å²) in [5.74, 6) is 0.913. The van der Waals surface area contributed by atoms with Crippen molar-refractivity contribution in [3.05, 3.63) is 59.5 Å². The summed E-state index contributed by atoms with van der Waals surface area (Å²) in [5, 5.41) is 10.6. The number of thiophene rings is 1. The predicted octanol–water partition coefficient (Wildman–Crippen LogP) is 4.19. The van der Waals surface area contributed by atoms with Gasteiger partial charge in [0.15, 0.2) is 0 Å². The predicted molar refractivity (Wildman–Crippen MR) is 74.3 cm³/mol. The number of aromatic hydroxyl groups is 1. The molecule has 0 amide bonds. The first kappa shape index (κ1) is 11.1. The number of fused-ring (bicyclic) bond motifs is 1. The Kier molecular flexibility index (Phi) is 2.90. The molecule has 0 fully saturated rings. The van der Waals surface area contributed by atoms with Crippen molar-refractivity contribution in [2.45, 2.75) is 6.61 Å². The molecule has 0 radical (unpaired) electrons. The number of hydrogen-bond acceptors (Lipinski definition) is 3. The second-order valence-corrected chi connectivity index (χ2v) is 5.20. The van der Waals surface area contributed by atoms with Crippen LogP contribution in [-0.2, 0) is 6.61 Å². The van der Waals surface area contributed by atoms with Gasteiger partial charge in [0.25, 0.3) is 0 Å². The van der Waals surface area contributed by atoms with Crippen LogP contribution in [0.1, 0.15) is 4.88 Å². The van der Waals surface area contributed by atoms with Crippen LogP contribution >= 0.6 is 11.3 Å². The van der Waals surface area contributed by atoms with E-state index in [1.165, 1.54) is 15.0 Å². The molecule has 0 saturated carbocycles. The third-order valence-electron chi connectivity index (χ3n) is 2.68. The Morgan fingerprint density at radius 1 is 1.00 bits per heavy atom. The molecule has 3 rings (SSSR count). The molecule has 1 heterocycles. The molecular weight excluding hydrogens is 244 g/mol. The molecule has 0 aliphatic rings. The fourth-order valence-corrected chi connectivity index (χ4v) is 2.81. The number of hydrogen-bond donors (Lipinski definition) is 1. The van der Waals surface area contributed by atoms with Crippen molar-refractivity contribution in [2.24, 2.45) is 0 Å². The molecule has 0 bridgehead atoms. The third-order valence-corrected chi connectivity index (χ3v) is 3.76. The van der Waals surface area contributed by atoms with E-state index in [9.17, 15) is 5.11 Å². The minimum Gasteiger partial charge on any atom is -0.508 e. The first-order valence-corrected chi connectivity index (χ1v) is 6.52. The highest BCUT2D eigenvalue weighted by Gasteiger charge is 2.02. The van der Waals surface area contributed by atoms with Crippen LogP contribution in [0.2, 0.25) is 0 Å². The van der Waals surface area contributed by atoms with Gasteiger partial charge in [-0.3, -0.25) is 0 Å². The Hall–Kier alpha value is -2.00. The summed E-state index contributed by atoms with van der Waals surface area (Å²) in [7, 11) is 0. The number of phenols is 1. The summed E-state index contributed by atoms with van der Waals surface area (Å²) in [5.41, 5.74) is 0. The number of benzene rings is 2. The zero-order valence-electron chi connectivity index (χ0n) is 9.67. The van der Waals surface area contributed by atoms with E-state index >= 15 is 0 Å². The van der Waals surface area contributed by atoms with E-state index in [4.69, 9.17) is 4.74 Å². The van der Waals surface area contributed by atoms with Crippen molar-refractivity contribution in [1.82, 2.24) is 0 Å². The summed E-state index contributed by atoms with van der Waals surface area (Å²) in [6, 6.07) is 17.3. The monoisotopic (exact) mass is 256 g/mol. The molecule has 1 N–H and O–H groups in total. The average Bonchev–Trinajstić information content (AvgIpc) is 2.79. The van der Waals surface area contributed by atoms with Gasteiger partial charge in [0.1, 0.15) is 18.1 Å². The smallest absolute Gasteiger partial charge is 0.123 e. The second-order valence-electron chi connectivity index (χ2n) is 4.04. The molecule has 0 saturated heterocycles. The molecule has 3 aromatic rings. The molecule has 0 unspecified atom stereocenters. The Bertz CT molecular complexity index is 640. The Balaban J connectivity index is 1.76. The van der Waals surface area contributed by atoms with Crippen LogP contribution in [0.3, 0.4) is 0 Å². The van der Waals surface area contributed by atoms with Crippen molar-refractivity contribution in [3.8, 4) is 11.5 Å². The zero-order valence-corrected chi connectivity index (χ0v) is 10.5. The first-order chi connectivity index (χ1) is 8.81. The number of phenolic OH excluding ortho intramolecular Hbond substituents is 1. The minimum atomic E-state index is 0.226. The van der Waals surface area contributed by atoms with Gasteiger partial charge >= 0.3 is 0 Å². The van der Waals surface area contributed by atoms with Crippen LogP contribution in [0.25, 0.3) is 10.1 Å². The highest BCUT2D eigenvalue weighted by atomic mass is 32.1. The van der Waals surface area contributed by atoms with Crippen LogP contribution in [0.15, 0.2) is 54.6 Å². The van der Waals surface area contributed by atoms with Gasteiger partial charge in [0, 0.05) is 15.6 Å². The van der Waals surface area contributed by atoms with Gasteiger partial charge in [-0.15, -0.1) is 11.3 Å². The van der Waals surface area contributed by atoms with E-state index in [-0.39, 0.29) is 5.75 Å². The van der Waals surface area contributed by atoms with Crippen molar-refractivity contribution < 1.29 is 9.84 Å². The SMILES string of the molecule is Oc1cccc(OCc2cc3ccccc3s2)c1. The van der Waals surface area contributed by atoms with Crippen molar-refractivity contribution in [2.75, 3.05) is 0 Å². The molecule has 90 valence electrons. The lowest BCUT2D eigenvalue weighted by molar-refractivity contribution is 0.308. The Morgan fingerprint density at radius 2 is 1.89 bits per heavy atom. The summed E-state index contributed by atoms with van der Waals surface area (Å²) >= 11 is 1.73. The molecular formula is C15H12O2S. The molecule has 0 aliphatic carbocycles. The third kappa shape index (κ3) is 2.31. The lowest BCUT2D eigenvalue weighted by atomic mass is 10.2. The maximum absolute atomic E-state index is 9.35. The molecule has 18 heavy (non-hydrogen) atoms. The Morgan fingerprint density at radius 3 is 2.72 bits per heavy atom. The van der Waals surface area contributed by atoms with Crippen molar-refractivity contribution >= 4 is 21.4 Å². The summed E-state index contributed by atoms with van der Waals surface area (Å²) < 4.78 is 6.92. The van der Waals surface area contributed by atoms with Gasteiger partial charge in [0.05, 0.1) is 0 Å². The largest absolute Gasteiger partial charge is 0.508 e. The van der Waals surface area contributed by atoms with Gasteiger partial charge in [-0.05, 0) is 29.7 Å². The maximum Gasteiger partial charge on any atom is 0.123 e. The molecule has 3 heteroatoms. The van der Waals surface area contributed by atoms with Gasteiger partial charge < -0.3 is 9.84 Å². The van der Waals surface area contributed by atoms with E-state index < -0.39 is 0 Å². The van der Waals surface area contributed by atoms with Crippen LogP contribution in [-0.4, -0.2) is 5.11 Å². The number of rotatable bonds is 3. The van der Waals surface area contributed by atoms with E-state index in [0.717, 1.165) is 0 Å². The average molecular weight is 256 g/mol. The molecule has 0 atom stereocenters. The normalized spacial score (nSPS) is 10.7. The molecule has 1 aromatic heterocycles. The van der Waals surface area contributed by atoms with Gasteiger partial charge in [-0.1, -0.05) is 24.3 Å². The minimum absolute atomic E-state index is 0.226. The van der Waals surface area contributed by atoms with Crippen LogP contribution < -0.4 is 4.74 Å². The zero-order chi connectivity index (χ0) is 12.4. The fraction of sp³-hybridized carbons (Fsp3) is 0.0667. The fourth-order valence-electron chi connectivity index (χ4n) is 1.84. The highest BCUT2D eigenvalue weighted by molar-refractivity contribution is 7.19. The lowest BCUT2D eigenvalue weighted by Crippen LogP contribution is -1.91. The molecule has 2 aromatic carbocycles. The van der Waals surface area contributed by atoms with Crippen LogP contribution in [0.5, 0.6) is 11.5 Å². The quantitative estimate of drug-likeness (QED) is 0.761. The van der Waals surface area contributed by atoms with E-state index in [1.807, 2.05) is 18.2 Å². The second kappa shape index (κ2) is 4.70. The topological polar surface area (TPSA) is 29.5 Å². The summed E-state index contributed by atoms with van der Waals surface area (Å²) in [6.45, 7) is 0.531. The Labute approximate surface area is 109 Å². The first-order valence-electron chi connectivity index (χ1n) is 5.70. The van der Waals surface area contributed by atoms with Crippen LogP contribution in [0, 0.1) is 0 Å². The molecule has 0 spiro atoms. The lowest BCUT2D eigenvalue weighted by Gasteiger charge is -2.04. The van der Waals surface area contributed by atoms with E-state index in [2.05, 4.69) is 18.2 Å². The summed E-state index contributed by atoms with van der Waals surface area (Å²) in [4.78, 5) is 1.18. The van der Waals surface area contributed by atoms with Crippen molar-refractivity contribution in [3.63, 3.8) is 0 Å². The van der Waals surface area contributed by atoms with Crippen molar-refractivity contribution in [1.29, 1.82) is 0 Å². The highest BCUT2D eigenvalue weighted by Crippen LogP contribution is 2.26. The number of ether oxygens (including phenoxy) is 1. The van der Waals surface area contributed by atoms with Gasteiger partial charge in [0.2, 0.25) is 0 Å². The standard InChI is InChI=1S/C15H12O2S/c16-12-5-3-6-13(9-12)17-10-14-8-11-4-1-2-7-15(11)18-14/h1-9,16H,10H2. The molecule has 2 nitrogen and oxygen atoms in total. The van der Waals surface area contributed by atoms with Gasteiger partial charge in [-0.2, -0.15) is 0 Å². The van der Waals surface area contributed by atoms with E-state index in [1.54, 1.807) is 29.5 Å². The van der Waals surface area contributed by atoms with Crippen LogP contribution in [0.4, 0.5) is 0 Å². The van der Waals surface area contributed by atoms with Gasteiger partial charge in [-0.25, -0.2) is 0 Å². The molecule has 0 aliphatic heterocycles.